The summed E-state index contributed by atoms with van der Waals surface area (Å²) in [6.45, 7) is 3.29. The van der Waals surface area contributed by atoms with E-state index in [1.54, 1.807) is 6.08 Å². The number of halogens is 2. The maximum atomic E-state index is 8.52. The Morgan fingerprint density at radius 1 is 1.56 bits per heavy atom. The maximum absolute atomic E-state index is 8.52. The largest absolute Gasteiger partial charge is 0.393 e. The lowest BCUT2D eigenvalue weighted by Crippen LogP contribution is -2.17. The normalized spacial score (nSPS) is 11.4. The van der Waals surface area contributed by atoms with Crippen LogP contribution in [0.25, 0.3) is 0 Å². The summed E-state index contributed by atoms with van der Waals surface area (Å²) < 4.78 is -0.978. The first-order valence-electron chi connectivity index (χ1n) is 2.72. The molecule has 0 aliphatic carbocycles. The molecule has 0 aromatic heterocycles. The molecule has 54 valence electrons. The molecule has 0 saturated heterocycles. The molecule has 0 bridgehead atoms. The fraction of sp³-hybridized carbons (Fsp3) is 0.667. The Hall–Kier alpha value is 0.280. The zero-order valence-electron chi connectivity index (χ0n) is 5.11. The van der Waals surface area contributed by atoms with Crippen molar-refractivity contribution in [1.29, 1.82) is 0 Å². The predicted molar refractivity (Wildman–Crippen MR) is 41.0 cm³/mol. The number of alkyl halides is 2. The van der Waals surface area contributed by atoms with Gasteiger partial charge >= 0.3 is 0 Å². The molecular weight excluding hydrogens is 159 g/mol. The van der Waals surface area contributed by atoms with E-state index in [0.717, 1.165) is 6.42 Å². The summed E-state index contributed by atoms with van der Waals surface area (Å²) in [6.07, 6.45) is 3.00. The molecule has 9 heavy (non-hydrogen) atoms. The van der Waals surface area contributed by atoms with Gasteiger partial charge in [0.25, 0.3) is 0 Å². The summed E-state index contributed by atoms with van der Waals surface area (Å²) in [4.78, 5) is 0. The zero-order valence-corrected chi connectivity index (χ0v) is 6.62. The Balaban J connectivity index is 3.44. The van der Waals surface area contributed by atoms with E-state index < -0.39 is 4.33 Å². The molecule has 0 rings (SSSR count). The van der Waals surface area contributed by atoms with Crippen LogP contribution in [0.5, 0.6) is 0 Å². The Labute approximate surface area is 65.3 Å². The molecule has 0 unspecified atom stereocenters. The van der Waals surface area contributed by atoms with E-state index in [1.807, 2.05) is 0 Å². The van der Waals surface area contributed by atoms with E-state index in [1.165, 1.54) is 0 Å². The lowest BCUT2D eigenvalue weighted by atomic mass is 10.2. The molecule has 0 saturated carbocycles. The zero-order chi connectivity index (χ0) is 7.33. The summed E-state index contributed by atoms with van der Waals surface area (Å²) in [5.74, 6) is 0. The first kappa shape index (κ1) is 9.28. The van der Waals surface area contributed by atoms with Crippen molar-refractivity contribution in [2.45, 2.75) is 17.2 Å². The van der Waals surface area contributed by atoms with Crippen molar-refractivity contribution in [2.24, 2.45) is 0 Å². The first-order chi connectivity index (χ1) is 4.12. The van der Waals surface area contributed by atoms with Crippen molar-refractivity contribution < 1.29 is 5.11 Å². The highest BCUT2D eigenvalue weighted by Gasteiger charge is 2.20. The molecule has 0 radical (unpaired) electrons. The van der Waals surface area contributed by atoms with Gasteiger partial charge in [-0.3, -0.25) is 0 Å². The van der Waals surface area contributed by atoms with Crippen LogP contribution in [0.1, 0.15) is 12.8 Å². The minimum atomic E-state index is -0.978. The van der Waals surface area contributed by atoms with Gasteiger partial charge in [0.1, 0.15) is 4.33 Å². The molecule has 1 nitrogen and oxygen atoms in total. The second-order valence-electron chi connectivity index (χ2n) is 1.84. The second-order valence-corrected chi connectivity index (χ2v) is 3.48. The lowest BCUT2D eigenvalue weighted by Gasteiger charge is -2.13. The average Bonchev–Trinajstić information content (AvgIpc) is 1.84. The molecule has 0 heterocycles. The first-order valence-corrected chi connectivity index (χ1v) is 3.47. The third-order valence-corrected chi connectivity index (χ3v) is 1.56. The van der Waals surface area contributed by atoms with Gasteiger partial charge < -0.3 is 5.11 Å². The van der Waals surface area contributed by atoms with Gasteiger partial charge in [0.05, 0.1) is 6.61 Å². The van der Waals surface area contributed by atoms with Crippen molar-refractivity contribution in [1.82, 2.24) is 0 Å². The third-order valence-electron chi connectivity index (χ3n) is 0.946. The van der Waals surface area contributed by atoms with E-state index in [4.69, 9.17) is 28.3 Å². The van der Waals surface area contributed by atoms with Crippen LogP contribution in [0.3, 0.4) is 0 Å². The summed E-state index contributed by atoms with van der Waals surface area (Å²) in [5.41, 5.74) is 0. The highest BCUT2D eigenvalue weighted by Crippen LogP contribution is 2.25. The summed E-state index contributed by atoms with van der Waals surface area (Å²) >= 11 is 11.1. The minimum Gasteiger partial charge on any atom is -0.393 e. The van der Waals surface area contributed by atoms with Crippen molar-refractivity contribution in [3.8, 4) is 0 Å². The fourth-order valence-electron chi connectivity index (χ4n) is 0.392. The number of hydrogen-bond donors (Lipinski definition) is 1. The van der Waals surface area contributed by atoms with E-state index in [0.29, 0.717) is 6.42 Å². The van der Waals surface area contributed by atoms with Gasteiger partial charge in [-0.15, -0.1) is 6.58 Å². The van der Waals surface area contributed by atoms with Gasteiger partial charge in [-0.05, 0) is 12.8 Å². The molecule has 0 spiro atoms. The molecule has 0 aromatic rings. The monoisotopic (exact) mass is 168 g/mol. The van der Waals surface area contributed by atoms with E-state index in [-0.39, 0.29) is 6.61 Å². The van der Waals surface area contributed by atoms with Crippen molar-refractivity contribution in [2.75, 3.05) is 6.61 Å². The van der Waals surface area contributed by atoms with E-state index >= 15 is 0 Å². The molecule has 3 heteroatoms. The van der Waals surface area contributed by atoms with Crippen LogP contribution in [0.15, 0.2) is 12.7 Å². The number of rotatable bonds is 4. The molecule has 0 aliphatic heterocycles. The fourth-order valence-corrected chi connectivity index (χ4v) is 0.611. The Kier molecular flexibility index (Phi) is 4.28. The van der Waals surface area contributed by atoms with E-state index in [9.17, 15) is 0 Å². The Bertz CT molecular complexity index is 91.1. The molecule has 0 fully saturated rings. The Morgan fingerprint density at radius 2 is 2.11 bits per heavy atom. The van der Waals surface area contributed by atoms with Crippen LogP contribution in [0.4, 0.5) is 0 Å². The number of aliphatic hydroxyl groups excluding tert-OH is 1. The molecule has 1 N–H and O–H groups in total. The van der Waals surface area contributed by atoms with Crippen LogP contribution in [0.2, 0.25) is 0 Å². The third kappa shape index (κ3) is 4.76. The van der Waals surface area contributed by atoms with Crippen molar-refractivity contribution in [3.63, 3.8) is 0 Å². The molecule has 0 aliphatic rings. The summed E-state index contributed by atoms with van der Waals surface area (Å²) in [7, 11) is 0. The van der Waals surface area contributed by atoms with Gasteiger partial charge in [-0.25, -0.2) is 0 Å². The predicted octanol–water partition coefficient (Wildman–Crippen LogP) is 2.12. The summed E-state index contributed by atoms with van der Waals surface area (Å²) in [6, 6.07) is 0. The van der Waals surface area contributed by atoms with Gasteiger partial charge in [0.15, 0.2) is 0 Å². The van der Waals surface area contributed by atoms with Crippen LogP contribution in [0, 0.1) is 0 Å². The van der Waals surface area contributed by atoms with Gasteiger partial charge in [-0.1, -0.05) is 29.3 Å². The molecule has 0 aromatic carbocycles. The minimum absolute atomic E-state index is 0.204. The summed E-state index contributed by atoms with van der Waals surface area (Å²) in [5, 5.41) is 8.52. The van der Waals surface area contributed by atoms with Gasteiger partial charge in [0.2, 0.25) is 0 Å². The molecule has 0 atom stereocenters. The lowest BCUT2D eigenvalue weighted by molar-refractivity contribution is 0.274. The van der Waals surface area contributed by atoms with Gasteiger partial charge in [-0.2, -0.15) is 0 Å². The number of aliphatic hydroxyl groups is 1. The SMILES string of the molecule is C=CCCC(Cl)(Cl)CO. The van der Waals surface area contributed by atoms with Gasteiger partial charge in [0, 0.05) is 0 Å². The van der Waals surface area contributed by atoms with Crippen molar-refractivity contribution in [3.05, 3.63) is 12.7 Å². The smallest absolute Gasteiger partial charge is 0.141 e. The highest BCUT2D eigenvalue weighted by molar-refractivity contribution is 6.48. The average molecular weight is 169 g/mol. The van der Waals surface area contributed by atoms with Crippen LogP contribution < -0.4 is 0 Å². The van der Waals surface area contributed by atoms with Crippen LogP contribution >= 0.6 is 23.2 Å². The van der Waals surface area contributed by atoms with Crippen LogP contribution in [-0.2, 0) is 0 Å². The topological polar surface area (TPSA) is 20.2 Å². The number of allylic oxidation sites excluding steroid dienone is 1. The second kappa shape index (κ2) is 4.15. The quantitative estimate of drug-likeness (QED) is 0.504. The van der Waals surface area contributed by atoms with Crippen molar-refractivity contribution >= 4 is 23.2 Å². The number of hydrogen-bond acceptors (Lipinski definition) is 1. The van der Waals surface area contributed by atoms with E-state index in [2.05, 4.69) is 6.58 Å². The standard InChI is InChI=1S/C6H10Cl2O/c1-2-3-4-6(7,8)5-9/h2,9H,1,3-5H2. The highest BCUT2D eigenvalue weighted by atomic mass is 35.5. The Morgan fingerprint density at radius 3 is 2.44 bits per heavy atom. The molecular formula is C6H10Cl2O. The maximum Gasteiger partial charge on any atom is 0.141 e. The van der Waals surface area contributed by atoms with Crippen LogP contribution in [-0.4, -0.2) is 16.0 Å². The molecule has 0 amide bonds.